The number of amides is 2. The third-order valence-electron chi connectivity index (χ3n) is 2.21. The van der Waals surface area contributed by atoms with Crippen LogP contribution in [-0.2, 0) is 4.79 Å². The van der Waals surface area contributed by atoms with Gasteiger partial charge in [0, 0.05) is 18.4 Å². The van der Waals surface area contributed by atoms with Gasteiger partial charge in [-0.25, -0.2) is 0 Å². The van der Waals surface area contributed by atoms with Gasteiger partial charge in [-0.05, 0) is 19.9 Å². The van der Waals surface area contributed by atoms with E-state index in [0.29, 0.717) is 5.02 Å². The second-order valence-corrected chi connectivity index (χ2v) is 4.26. The summed E-state index contributed by atoms with van der Waals surface area (Å²) in [4.78, 5) is 28.2. The maximum absolute atomic E-state index is 12.1. The van der Waals surface area contributed by atoms with Crippen molar-refractivity contribution in [1.82, 2.24) is 9.88 Å². The lowest BCUT2D eigenvalue weighted by Crippen LogP contribution is -2.42. The number of hydrogen-bond acceptors (Lipinski definition) is 3. The highest BCUT2D eigenvalue weighted by Gasteiger charge is 2.22. The average Bonchev–Trinajstić information content (AvgIpc) is 2.25. The number of nitrogens with two attached hydrogens (primary N) is 1. The molecule has 6 heteroatoms. The van der Waals surface area contributed by atoms with Gasteiger partial charge in [0.25, 0.3) is 5.91 Å². The predicted octanol–water partition coefficient (Wildman–Crippen LogP) is 1.07. The first kappa shape index (κ1) is 13.4. The van der Waals surface area contributed by atoms with Gasteiger partial charge in [0.15, 0.2) is 0 Å². The van der Waals surface area contributed by atoms with E-state index in [1.54, 1.807) is 13.8 Å². The molecule has 17 heavy (non-hydrogen) atoms. The highest BCUT2D eigenvalue weighted by atomic mass is 35.5. The normalized spacial score (nSPS) is 10.4. The van der Waals surface area contributed by atoms with Crippen LogP contribution in [0, 0.1) is 0 Å². The number of primary amides is 1. The number of halogens is 1. The number of carbonyl (C=O) groups excluding carboxylic acids is 2. The van der Waals surface area contributed by atoms with Crippen LogP contribution >= 0.6 is 11.6 Å². The molecule has 1 heterocycles. The van der Waals surface area contributed by atoms with Crippen molar-refractivity contribution in [1.29, 1.82) is 0 Å². The van der Waals surface area contributed by atoms with Crippen LogP contribution in [0.25, 0.3) is 0 Å². The summed E-state index contributed by atoms with van der Waals surface area (Å²) < 4.78 is 0. The lowest BCUT2D eigenvalue weighted by molar-refractivity contribution is -0.119. The van der Waals surface area contributed by atoms with Gasteiger partial charge in [0.05, 0.1) is 17.1 Å². The van der Waals surface area contributed by atoms with E-state index >= 15 is 0 Å². The third-order valence-corrected chi connectivity index (χ3v) is 2.54. The predicted molar refractivity (Wildman–Crippen MR) is 64.6 cm³/mol. The van der Waals surface area contributed by atoms with Crippen LogP contribution in [0.1, 0.15) is 24.2 Å². The fourth-order valence-corrected chi connectivity index (χ4v) is 1.53. The summed E-state index contributed by atoms with van der Waals surface area (Å²) in [6, 6.07) is 1.38. The molecule has 0 unspecified atom stereocenters. The lowest BCUT2D eigenvalue weighted by Gasteiger charge is -2.25. The second kappa shape index (κ2) is 5.63. The molecule has 5 nitrogen and oxygen atoms in total. The second-order valence-electron chi connectivity index (χ2n) is 3.85. The topological polar surface area (TPSA) is 76.3 Å². The van der Waals surface area contributed by atoms with Gasteiger partial charge >= 0.3 is 0 Å². The maximum atomic E-state index is 12.1. The van der Waals surface area contributed by atoms with Gasteiger partial charge < -0.3 is 10.6 Å². The Morgan fingerprint density at radius 3 is 2.65 bits per heavy atom. The number of nitrogens with zero attached hydrogens (tertiary/aromatic N) is 2. The largest absolute Gasteiger partial charge is 0.368 e. The van der Waals surface area contributed by atoms with E-state index in [2.05, 4.69) is 4.98 Å². The van der Waals surface area contributed by atoms with Crippen molar-refractivity contribution in [3.05, 3.63) is 29.0 Å². The summed E-state index contributed by atoms with van der Waals surface area (Å²) in [7, 11) is 0. The van der Waals surface area contributed by atoms with Gasteiger partial charge in [-0.1, -0.05) is 11.6 Å². The standard InChI is InChI=1S/C11H14ClN3O2/c1-7(2)15(6-10(13)16)11(17)8-5-14-4-3-9(8)12/h3-5,7H,6H2,1-2H3,(H2,13,16). The number of carbonyl (C=O) groups is 2. The Labute approximate surface area is 105 Å². The summed E-state index contributed by atoms with van der Waals surface area (Å²) >= 11 is 5.90. The third kappa shape index (κ3) is 3.42. The molecule has 0 atom stereocenters. The molecule has 0 aliphatic rings. The van der Waals surface area contributed by atoms with Crippen molar-refractivity contribution in [2.24, 2.45) is 5.73 Å². The molecule has 0 radical (unpaired) electrons. The molecule has 0 saturated carbocycles. The Kier molecular flexibility index (Phi) is 4.45. The molecule has 0 bridgehead atoms. The van der Waals surface area contributed by atoms with Crippen molar-refractivity contribution in [3.63, 3.8) is 0 Å². The van der Waals surface area contributed by atoms with Crippen molar-refractivity contribution in [3.8, 4) is 0 Å². The van der Waals surface area contributed by atoms with E-state index in [4.69, 9.17) is 17.3 Å². The van der Waals surface area contributed by atoms with Crippen molar-refractivity contribution >= 4 is 23.4 Å². The quantitative estimate of drug-likeness (QED) is 0.874. The molecule has 0 spiro atoms. The van der Waals surface area contributed by atoms with E-state index in [9.17, 15) is 9.59 Å². The molecule has 1 rings (SSSR count). The van der Waals surface area contributed by atoms with Gasteiger partial charge in [0.2, 0.25) is 5.91 Å². The summed E-state index contributed by atoms with van der Waals surface area (Å²) in [6.45, 7) is 3.46. The van der Waals surface area contributed by atoms with Gasteiger partial charge in [-0.3, -0.25) is 14.6 Å². The molecule has 0 aromatic carbocycles. The van der Waals surface area contributed by atoms with E-state index in [-0.39, 0.29) is 24.1 Å². The fourth-order valence-electron chi connectivity index (χ4n) is 1.35. The SMILES string of the molecule is CC(C)N(CC(N)=O)C(=O)c1cnccc1Cl. The molecular formula is C11H14ClN3O2. The fraction of sp³-hybridized carbons (Fsp3) is 0.364. The Hall–Kier alpha value is -1.62. The van der Waals surface area contributed by atoms with E-state index < -0.39 is 5.91 Å². The van der Waals surface area contributed by atoms with Crippen LogP contribution in [0.15, 0.2) is 18.5 Å². The van der Waals surface area contributed by atoms with E-state index in [1.165, 1.54) is 23.4 Å². The minimum absolute atomic E-state index is 0.137. The molecule has 2 amide bonds. The van der Waals surface area contributed by atoms with E-state index in [0.717, 1.165) is 0 Å². The van der Waals surface area contributed by atoms with Crippen LogP contribution in [0.4, 0.5) is 0 Å². The number of pyridine rings is 1. The lowest BCUT2D eigenvalue weighted by atomic mass is 10.2. The highest BCUT2D eigenvalue weighted by molar-refractivity contribution is 6.33. The molecule has 0 aliphatic heterocycles. The highest BCUT2D eigenvalue weighted by Crippen LogP contribution is 2.16. The first-order valence-electron chi connectivity index (χ1n) is 5.12. The average molecular weight is 256 g/mol. The van der Waals surface area contributed by atoms with Crippen LogP contribution in [-0.4, -0.2) is 34.3 Å². The molecule has 0 fully saturated rings. The zero-order valence-electron chi connectivity index (χ0n) is 9.68. The van der Waals surface area contributed by atoms with Crippen LogP contribution in [0.2, 0.25) is 5.02 Å². The van der Waals surface area contributed by atoms with Crippen LogP contribution < -0.4 is 5.73 Å². The summed E-state index contributed by atoms with van der Waals surface area (Å²) in [5.41, 5.74) is 5.37. The molecule has 0 aliphatic carbocycles. The molecule has 1 aromatic heterocycles. The zero-order valence-corrected chi connectivity index (χ0v) is 10.4. The minimum Gasteiger partial charge on any atom is -0.368 e. The smallest absolute Gasteiger partial charge is 0.257 e. The van der Waals surface area contributed by atoms with Crippen molar-refractivity contribution in [2.75, 3.05) is 6.54 Å². The summed E-state index contributed by atoms with van der Waals surface area (Å²) in [5, 5.41) is 0.306. The monoisotopic (exact) mass is 255 g/mol. The zero-order chi connectivity index (χ0) is 13.0. The van der Waals surface area contributed by atoms with Gasteiger partial charge in [-0.2, -0.15) is 0 Å². The number of hydrogen-bond donors (Lipinski definition) is 1. The molecule has 92 valence electrons. The van der Waals surface area contributed by atoms with E-state index in [1.807, 2.05) is 0 Å². The Morgan fingerprint density at radius 1 is 1.53 bits per heavy atom. The van der Waals surface area contributed by atoms with Gasteiger partial charge in [-0.15, -0.1) is 0 Å². The Morgan fingerprint density at radius 2 is 2.18 bits per heavy atom. The first-order valence-corrected chi connectivity index (χ1v) is 5.50. The summed E-state index contributed by atoms with van der Waals surface area (Å²) in [6.07, 6.45) is 2.87. The Balaban J connectivity index is 3.00. The number of rotatable bonds is 4. The maximum Gasteiger partial charge on any atom is 0.257 e. The summed E-state index contributed by atoms with van der Waals surface area (Å²) in [5.74, 6) is -0.913. The minimum atomic E-state index is -0.563. The molecular weight excluding hydrogens is 242 g/mol. The first-order chi connectivity index (χ1) is 7.93. The number of aromatic nitrogens is 1. The van der Waals surface area contributed by atoms with Crippen molar-refractivity contribution in [2.45, 2.75) is 19.9 Å². The molecule has 1 aromatic rings. The molecule has 2 N–H and O–H groups in total. The molecule has 0 saturated heterocycles. The van der Waals surface area contributed by atoms with Crippen LogP contribution in [0.3, 0.4) is 0 Å². The van der Waals surface area contributed by atoms with Crippen molar-refractivity contribution < 1.29 is 9.59 Å². The Bertz CT molecular complexity index is 434. The van der Waals surface area contributed by atoms with Crippen LogP contribution in [0.5, 0.6) is 0 Å². The van der Waals surface area contributed by atoms with Gasteiger partial charge in [0.1, 0.15) is 0 Å².